The van der Waals surface area contributed by atoms with Crippen molar-refractivity contribution in [1.82, 2.24) is 9.13 Å². The third-order valence-electron chi connectivity index (χ3n) is 2.88. The number of ketones is 1. The minimum absolute atomic E-state index is 0.240. The lowest BCUT2D eigenvalue weighted by Gasteiger charge is -2.06. The molecule has 0 saturated carbocycles. The molecular weight excluding hydrogens is 244 g/mol. The Kier molecular flexibility index (Phi) is 3.46. The number of benzene rings is 1. The Morgan fingerprint density at radius 1 is 1.21 bits per heavy atom. The first-order chi connectivity index (χ1) is 8.99. The van der Waals surface area contributed by atoms with Crippen molar-refractivity contribution < 1.29 is 4.79 Å². The predicted octanol–water partition coefficient (Wildman–Crippen LogP) is 0.738. The molecule has 1 aromatic heterocycles. The molecule has 0 aliphatic carbocycles. The molecule has 0 bridgehead atoms. The third-order valence-corrected chi connectivity index (χ3v) is 2.88. The second-order valence-corrected chi connectivity index (χ2v) is 4.43. The maximum absolute atomic E-state index is 12.1. The molecule has 5 heteroatoms. The zero-order chi connectivity index (χ0) is 14.0. The lowest BCUT2D eigenvalue weighted by Crippen LogP contribution is -2.39. The van der Waals surface area contributed by atoms with Crippen molar-refractivity contribution in [1.29, 1.82) is 0 Å². The van der Waals surface area contributed by atoms with Gasteiger partial charge in [-0.05, 0) is 13.0 Å². The standard InChI is InChI=1S/C14H14N2O3/c1-10-4-3-5-11(8-10)12(17)9-16-13(18)6-7-15(2)14(16)19/h3-8H,9H2,1-2H3. The van der Waals surface area contributed by atoms with Gasteiger partial charge in [-0.1, -0.05) is 23.8 Å². The Balaban J connectivity index is 2.37. The smallest absolute Gasteiger partial charge is 0.303 e. The molecule has 0 aliphatic heterocycles. The van der Waals surface area contributed by atoms with Gasteiger partial charge in [0, 0.05) is 24.9 Å². The van der Waals surface area contributed by atoms with Gasteiger partial charge in [-0.2, -0.15) is 0 Å². The van der Waals surface area contributed by atoms with Gasteiger partial charge in [0.15, 0.2) is 5.78 Å². The van der Waals surface area contributed by atoms with Gasteiger partial charge in [-0.15, -0.1) is 0 Å². The summed E-state index contributed by atoms with van der Waals surface area (Å²) in [5.74, 6) is -0.255. The van der Waals surface area contributed by atoms with Gasteiger partial charge in [-0.25, -0.2) is 4.79 Å². The monoisotopic (exact) mass is 258 g/mol. The van der Waals surface area contributed by atoms with E-state index in [-0.39, 0.29) is 12.3 Å². The lowest BCUT2D eigenvalue weighted by molar-refractivity contribution is 0.0968. The molecule has 19 heavy (non-hydrogen) atoms. The summed E-state index contributed by atoms with van der Waals surface area (Å²) in [7, 11) is 1.54. The van der Waals surface area contributed by atoms with Crippen LogP contribution in [-0.4, -0.2) is 14.9 Å². The summed E-state index contributed by atoms with van der Waals surface area (Å²) in [6, 6.07) is 8.33. The summed E-state index contributed by atoms with van der Waals surface area (Å²) in [6.45, 7) is 1.64. The Hall–Kier alpha value is -2.43. The zero-order valence-electron chi connectivity index (χ0n) is 10.8. The largest absolute Gasteiger partial charge is 0.331 e. The van der Waals surface area contributed by atoms with Gasteiger partial charge in [0.1, 0.15) is 0 Å². The van der Waals surface area contributed by atoms with Crippen LogP contribution in [0, 0.1) is 6.92 Å². The number of aryl methyl sites for hydroxylation is 2. The summed E-state index contributed by atoms with van der Waals surface area (Å²) >= 11 is 0. The van der Waals surface area contributed by atoms with Crippen LogP contribution in [0.25, 0.3) is 0 Å². The number of carbonyl (C=O) groups excluding carboxylic acids is 1. The third kappa shape index (κ3) is 2.70. The van der Waals surface area contributed by atoms with Crippen LogP contribution in [0.4, 0.5) is 0 Å². The molecule has 1 aromatic carbocycles. The first-order valence-electron chi connectivity index (χ1n) is 5.85. The van der Waals surface area contributed by atoms with E-state index in [1.807, 2.05) is 13.0 Å². The van der Waals surface area contributed by atoms with Crippen LogP contribution in [0.3, 0.4) is 0 Å². The fraction of sp³-hybridized carbons (Fsp3) is 0.214. The second kappa shape index (κ2) is 5.06. The van der Waals surface area contributed by atoms with Crippen molar-refractivity contribution in [3.63, 3.8) is 0 Å². The van der Waals surface area contributed by atoms with Crippen LogP contribution < -0.4 is 11.2 Å². The minimum atomic E-state index is -0.492. The Morgan fingerprint density at radius 2 is 1.95 bits per heavy atom. The number of rotatable bonds is 3. The molecule has 0 fully saturated rings. The van der Waals surface area contributed by atoms with Gasteiger partial charge < -0.3 is 4.57 Å². The van der Waals surface area contributed by atoms with Gasteiger partial charge in [0.2, 0.25) is 0 Å². The highest BCUT2D eigenvalue weighted by Crippen LogP contribution is 2.05. The summed E-state index contributed by atoms with van der Waals surface area (Å²) in [5, 5.41) is 0. The Bertz CT molecular complexity index is 741. The van der Waals surface area contributed by atoms with E-state index in [9.17, 15) is 14.4 Å². The van der Waals surface area contributed by atoms with Gasteiger partial charge in [0.05, 0.1) is 6.54 Å². The van der Waals surface area contributed by atoms with E-state index in [2.05, 4.69) is 0 Å². The van der Waals surface area contributed by atoms with E-state index in [4.69, 9.17) is 0 Å². The van der Waals surface area contributed by atoms with E-state index >= 15 is 0 Å². The SMILES string of the molecule is Cc1cccc(C(=O)Cn2c(=O)ccn(C)c2=O)c1. The van der Waals surface area contributed by atoms with E-state index in [1.165, 1.54) is 23.9 Å². The van der Waals surface area contributed by atoms with E-state index < -0.39 is 11.2 Å². The van der Waals surface area contributed by atoms with Gasteiger partial charge in [-0.3, -0.25) is 14.2 Å². The number of Topliss-reactive ketones (excluding diaryl/α,β-unsaturated/α-hetero) is 1. The highest BCUT2D eigenvalue weighted by Gasteiger charge is 2.10. The molecular formula is C14H14N2O3. The van der Waals surface area contributed by atoms with Crippen molar-refractivity contribution in [2.75, 3.05) is 0 Å². The fourth-order valence-corrected chi connectivity index (χ4v) is 1.81. The molecule has 2 rings (SSSR count). The maximum atomic E-state index is 12.1. The number of carbonyl (C=O) groups is 1. The normalized spacial score (nSPS) is 10.4. The van der Waals surface area contributed by atoms with Crippen molar-refractivity contribution in [2.45, 2.75) is 13.5 Å². The van der Waals surface area contributed by atoms with Crippen molar-refractivity contribution in [2.24, 2.45) is 7.05 Å². The van der Waals surface area contributed by atoms with Crippen LogP contribution >= 0.6 is 0 Å². The molecule has 98 valence electrons. The molecule has 0 unspecified atom stereocenters. The molecule has 0 radical (unpaired) electrons. The molecule has 2 aromatic rings. The number of hydrogen-bond acceptors (Lipinski definition) is 3. The number of aromatic nitrogens is 2. The molecule has 0 aliphatic rings. The molecule has 5 nitrogen and oxygen atoms in total. The van der Waals surface area contributed by atoms with E-state index in [0.29, 0.717) is 5.56 Å². The average molecular weight is 258 g/mol. The molecule has 1 heterocycles. The van der Waals surface area contributed by atoms with Crippen LogP contribution in [0.1, 0.15) is 15.9 Å². The number of hydrogen-bond donors (Lipinski definition) is 0. The summed E-state index contributed by atoms with van der Waals surface area (Å²) in [4.78, 5) is 35.5. The molecule has 0 saturated heterocycles. The van der Waals surface area contributed by atoms with Crippen LogP contribution in [0.2, 0.25) is 0 Å². The van der Waals surface area contributed by atoms with Gasteiger partial charge in [0.25, 0.3) is 5.56 Å². The molecule has 0 atom stereocenters. The predicted molar refractivity (Wildman–Crippen MR) is 71.5 cm³/mol. The molecule has 0 N–H and O–H groups in total. The van der Waals surface area contributed by atoms with E-state index in [0.717, 1.165) is 10.1 Å². The summed E-state index contributed by atoms with van der Waals surface area (Å²) < 4.78 is 2.20. The quantitative estimate of drug-likeness (QED) is 0.763. The highest BCUT2D eigenvalue weighted by atomic mass is 16.2. The Morgan fingerprint density at radius 3 is 2.63 bits per heavy atom. The van der Waals surface area contributed by atoms with E-state index in [1.54, 1.807) is 18.2 Å². The average Bonchev–Trinajstić information content (AvgIpc) is 2.39. The van der Waals surface area contributed by atoms with Gasteiger partial charge >= 0.3 is 5.69 Å². The zero-order valence-corrected chi connectivity index (χ0v) is 10.8. The fourth-order valence-electron chi connectivity index (χ4n) is 1.81. The summed E-state index contributed by atoms with van der Waals surface area (Å²) in [5.41, 5.74) is 0.495. The van der Waals surface area contributed by atoms with Crippen LogP contribution in [-0.2, 0) is 13.6 Å². The maximum Gasteiger partial charge on any atom is 0.331 e. The lowest BCUT2D eigenvalue weighted by atomic mass is 10.1. The minimum Gasteiger partial charge on any atom is -0.303 e. The summed E-state index contributed by atoms with van der Waals surface area (Å²) in [6.07, 6.45) is 1.39. The first-order valence-corrected chi connectivity index (χ1v) is 5.85. The topological polar surface area (TPSA) is 61.1 Å². The Labute approximate surface area is 109 Å². The van der Waals surface area contributed by atoms with Crippen molar-refractivity contribution >= 4 is 5.78 Å². The van der Waals surface area contributed by atoms with Crippen molar-refractivity contribution in [3.8, 4) is 0 Å². The van der Waals surface area contributed by atoms with Crippen molar-refractivity contribution in [3.05, 3.63) is 68.5 Å². The van der Waals surface area contributed by atoms with Crippen LogP contribution in [0.5, 0.6) is 0 Å². The van der Waals surface area contributed by atoms with Crippen LogP contribution in [0.15, 0.2) is 46.1 Å². The number of nitrogens with zero attached hydrogens (tertiary/aromatic N) is 2. The first kappa shape index (κ1) is 13.0. The molecule has 0 spiro atoms. The second-order valence-electron chi connectivity index (χ2n) is 4.43. The molecule has 0 amide bonds. The highest BCUT2D eigenvalue weighted by molar-refractivity contribution is 5.96.